The minimum absolute atomic E-state index is 0. The van der Waals surface area contributed by atoms with Gasteiger partial charge in [-0.3, -0.25) is 4.98 Å². The summed E-state index contributed by atoms with van der Waals surface area (Å²) in [6, 6.07) is 11.7. The third-order valence-corrected chi connectivity index (χ3v) is 4.16. The molecule has 7 heteroatoms. The number of hydrogen-bond donors (Lipinski definition) is 2. The molecule has 6 nitrogen and oxygen atoms in total. The van der Waals surface area contributed by atoms with Crippen LogP contribution in [0.15, 0.2) is 42.7 Å². The number of H-pyrrole nitrogens is 1. The lowest BCUT2D eigenvalue weighted by molar-refractivity contribution is 0.355. The van der Waals surface area contributed by atoms with Gasteiger partial charge in [0.1, 0.15) is 0 Å². The third kappa shape index (κ3) is 2.99. The molecule has 0 aliphatic rings. The number of halogens is 1. The number of fused-ring (bicyclic) bond motifs is 3. The Bertz CT molecular complexity index is 1080. The highest BCUT2D eigenvalue weighted by atomic mass is 35.5. The van der Waals surface area contributed by atoms with Crippen molar-refractivity contribution in [3.05, 3.63) is 48.4 Å². The Morgan fingerprint density at radius 1 is 0.962 bits per heavy atom. The molecule has 26 heavy (non-hydrogen) atoms. The molecule has 2 N–H and O–H groups in total. The lowest BCUT2D eigenvalue weighted by atomic mass is 10.1. The highest BCUT2D eigenvalue weighted by Crippen LogP contribution is 2.34. The molecule has 0 unspecified atom stereocenters. The fourth-order valence-electron chi connectivity index (χ4n) is 3.04. The molecule has 0 spiro atoms. The predicted molar refractivity (Wildman–Crippen MR) is 106 cm³/mol. The number of aryl methyl sites for hydroxylation is 1. The summed E-state index contributed by atoms with van der Waals surface area (Å²) in [5.41, 5.74) is 5.60. The number of aromatic nitrogens is 3. The number of hydrogen-bond acceptors (Lipinski definition) is 5. The summed E-state index contributed by atoms with van der Waals surface area (Å²) in [5.74, 6) is 1.37. The van der Waals surface area contributed by atoms with E-state index >= 15 is 0 Å². The fourth-order valence-corrected chi connectivity index (χ4v) is 3.04. The number of benzene rings is 2. The van der Waals surface area contributed by atoms with Crippen LogP contribution in [0.25, 0.3) is 21.9 Å². The van der Waals surface area contributed by atoms with Crippen molar-refractivity contribution in [2.75, 3.05) is 19.5 Å². The molecule has 0 aliphatic carbocycles. The number of pyridine rings is 1. The van der Waals surface area contributed by atoms with Gasteiger partial charge in [-0.05, 0) is 37.3 Å². The normalized spacial score (nSPS) is 10.6. The second-order valence-electron chi connectivity index (χ2n) is 5.76. The molecule has 0 atom stereocenters. The zero-order valence-electron chi connectivity index (χ0n) is 14.7. The minimum atomic E-state index is 0. The molecule has 0 saturated heterocycles. The Kier molecular flexibility index (Phi) is 4.86. The van der Waals surface area contributed by atoms with Crippen molar-refractivity contribution in [1.29, 1.82) is 0 Å². The van der Waals surface area contributed by atoms with Gasteiger partial charge in [-0.25, -0.2) is 4.98 Å². The number of nitrogens with zero attached hydrogens (tertiary/aromatic N) is 2. The van der Waals surface area contributed by atoms with E-state index in [9.17, 15) is 0 Å². The van der Waals surface area contributed by atoms with Gasteiger partial charge in [0, 0.05) is 22.8 Å². The number of ether oxygens (including phenoxy) is 2. The first-order chi connectivity index (χ1) is 12.2. The predicted octanol–water partition coefficient (Wildman–Crippen LogP) is 4.60. The number of aromatic amines is 1. The summed E-state index contributed by atoms with van der Waals surface area (Å²) >= 11 is 0. The second kappa shape index (κ2) is 7.09. The van der Waals surface area contributed by atoms with E-state index in [4.69, 9.17) is 9.47 Å². The van der Waals surface area contributed by atoms with Crippen LogP contribution in [0.2, 0.25) is 0 Å². The monoisotopic (exact) mass is 370 g/mol. The molecular formula is C19H19ClN4O2. The number of nitrogens with one attached hydrogen (secondary N) is 2. The fraction of sp³-hybridized carbons (Fsp3) is 0.158. The Morgan fingerprint density at radius 3 is 2.50 bits per heavy atom. The molecule has 4 rings (SSSR count). The van der Waals surface area contributed by atoms with E-state index in [1.54, 1.807) is 20.5 Å². The molecule has 0 bridgehead atoms. The van der Waals surface area contributed by atoms with Crippen molar-refractivity contribution in [2.45, 2.75) is 6.92 Å². The Balaban J connectivity index is 0.00000196. The Hall–Kier alpha value is -2.99. The van der Waals surface area contributed by atoms with Crippen LogP contribution < -0.4 is 14.8 Å². The molecule has 2 aromatic carbocycles. The third-order valence-electron chi connectivity index (χ3n) is 4.16. The van der Waals surface area contributed by atoms with Gasteiger partial charge in [-0.15, -0.1) is 12.4 Å². The van der Waals surface area contributed by atoms with Gasteiger partial charge < -0.3 is 19.8 Å². The van der Waals surface area contributed by atoms with E-state index in [1.807, 2.05) is 43.3 Å². The van der Waals surface area contributed by atoms with Crippen LogP contribution in [0.5, 0.6) is 11.5 Å². The number of rotatable bonds is 4. The molecular weight excluding hydrogens is 352 g/mol. The highest BCUT2D eigenvalue weighted by molar-refractivity contribution is 6.10. The number of anilines is 2. The van der Waals surface area contributed by atoms with Crippen molar-refractivity contribution >= 4 is 45.7 Å². The van der Waals surface area contributed by atoms with Gasteiger partial charge in [0.05, 0.1) is 42.8 Å². The van der Waals surface area contributed by atoms with Crippen LogP contribution in [-0.4, -0.2) is 29.2 Å². The van der Waals surface area contributed by atoms with E-state index in [2.05, 4.69) is 20.3 Å². The zero-order chi connectivity index (χ0) is 17.4. The molecule has 134 valence electrons. The minimum Gasteiger partial charge on any atom is -0.493 e. The van der Waals surface area contributed by atoms with Crippen molar-refractivity contribution in [2.24, 2.45) is 0 Å². The second-order valence-corrected chi connectivity index (χ2v) is 5.76. The summed E-state index contributed by atoms with van der Waals surface area (Å²) in [4.78, 5) is 12.2. The topological polar surface area (TPSA) is 72.1 Å². The Labute approximate surface area is 157 Å². The lowest BCUT2D eigenvalue weighted by Gasteiger charge is -2.14. The quantitative estimate of drug-likeness (QED) is 0.549. The van der Waals surface area contributed by atoms with Crippen LogP contribution in [-0.2, 0) is 0 Å². The smallest absolute Gasteiger partial charge is 0.162 e. The molecule has 0 aliphatic heterocycles. The summed E-state index contributed by atoms with van der Waals surface area (Å²) in [5, 5.41) is 4.48. The standard InChI is InChI=1S/C19H18N4O2.ClH/c1-11-8-15(23-12-4-7-16(24-2)17(9-12)25-3)18-13(22-11)5-6-14-19(18)21-10-20-14;/h4-10H,1-3H3,(H,20,21)(H,22,23);1H. The molecule has 0 saturated carbocycles. The summed E-state index contributed by atoms with van der Waals surface area (Å²) < 4.78 is 10.7. The summed E-state index contributed by atoms with van der Waals surface area (Å²) in [6.07, 6.45) is 1.70. The van der Waals surface area contributed by atoms with Gasteiger partial charge in [0.2, 0.25) is 0 Å². The molecule has 0 amide bonds. The zero-order valence-corrected chi connectivity index (χ0v) is 15.5. The van der Waals surface area contributed by atoms with Crippen molar-refractivity contribution in [3.63, 3.8) is 0 Å². The van der Waals surface area contributed by atoms with E-state index < -0.39 is 0 Å². The van der Waals surface area contributed by atoms with Crippen molar-refractivity contribution < 1.29 is 9.47 Å². The van der Waals surface area contributed by atoms with E-state index in [-0.39, 0.29) is 12.4 Å². The van der Waals surface area contributed by atoms with E-state index in [0.29, 0.717) is 11.5 Å². The maximum absolute atomic E-state index is 5.39. The number of imidazole rings is 1. The van der Waals surface area contributed by atoms with Crippen LogP contribution in [0.4, 0.5) is 11.4 Å². The maximum atomic E-state index is 5.39. The first-order valence-corrected chi connectivity index (χ1v) is 7.92. The van der Waals surface area contributed by atoms with E-state index in [0.717, 1.165) is 39.0 Å². The number of methoxy groups -OCH3 is 2. The molecule has 0 radical (unpaired) electrons. The SMILES string of the molecule is COc1ccc(Nc2cc(C)nc3ccc4nc[nH]c4c23)cc1OC.Cl. The maximum Gasteiger partial charge on any atom is 0.162 e. The molecule has 2 heterocycles. The average molecular weight is 371 g/mol. The van der Waals surface area contributed by atoms with Gasteiger partial charge in [-0.1, -0.05) is 0 Å². The summed E-state index contributed by atoms with van der Waals surface area (Å²) in [6.45, 7) is 1.98. The van der Waals surface area contributed by atoms with Crippen molar-refractivity contribution in [1.82, 2.24) is 15.0 Å². The average Bonchev–Trinajstić information content (AvgIpc) is 3.09. The van der Waals surface area contributed by atoms with E-state index in [1.165, 1.54) is 0 Å². The Morgan fingerprint density at radius 2 is 1.73 bits per heavy atom. The first-order valence-electron chi connectivity index (χ1n) is 7.92. The molecule has 0 fully saturated rings. The molecule has 2 aromatic heterocycles. The van der Waals surface area contributed by atoms with Gasteiger partial charge in [0.15, 0.2) is 11.5 Å². The van der Waals surface area contributed by atoms with Crippen LogP contribution in [0, 0.1) is 6.92 Å². The van der Waals surface area contributed by atoms with Gasteiger partial charge in [0.25, 0.3) is 0 Å². The van der Waals surface area contributed by atoms with Gasteiger partial charge in [-0.2, -0.15) is 0 Å². The van der Waals surface area contributed by atoms with Crippen molar-refractivity contribution in [3.8, 4) is 11.5 Å². The van der Waals surface area contributed by atoms with Crippen LogP contribution in [0.1, 0.15) is 5.69 Å². The van der Waals surface area contributed by atoms with Crippen LogP contribution >= 0.6 is 12.4 Å². The largest absolute Gasteiger partial charge is 0.493 e. The summed E-state index contributed by atoms with van der Waals surface area (Å²) in [7, 11) is 3.25. The molecule has 4 aromatic rings. The van der Waals surface area contributed by atoms with Crippen LogP contribution in [0.3, 0.4) is 0 Å². The first kappa shape index (κ1) is 17.8. The van der Waals surface area contributed by atoms with Gasteiger partial charge >= 0.3 is 0 Å². The lowest BCUT2D eigenvalue weighted by Crippen LogP contribution is -1.97. The highest BCUT2D eigenvalue weighted by Gasteiger charge is 2.11.